The van der Waals surface area contributed by atoms with Crippen molar-refractivity contribution in [3.8, 4) is 11.5 Å². The van der Waals surface area contributed by atoms with E-state index in [0.29, 0.717) is 0 Å². The van der Waals surface area contributed by atoms with E-state index in [0.717, 1.165) is 53.1 Å². The Balaban J connectivity index is 1.43. The van der Waals surface area contributed by atoms with E-state index in [2.05, 4.69) is 0 Å². The SMILES string of the molecule is CC(c1ccc2c(c1)C(=O)N(c1ccc(O)cc1)C2=O)(c1ccc2c(c1)C(=O)N(c1ccc(O)cc1)C2=O)C(F)(F)F. The minimum Gasteiger partial charge on any atom is -0.508 e. The number of phenols is 2. The van der Waals surface area contributed by atoms with E-state index < -0.39 is 35.2 Å². The topological polar surface area (TPSA) is 115 Å². The average Bonchev–Trinajstić information content (AvgIpc) is 3.36. The van der Waals surface area contributed by atoms with Crippen LogP contribution in [0.2, 0.25) is 0 Å². The van der Waals surface area contributed by atoms with Crippen LogP contribution >= 0.6 is 0 Å². The predicted octanol–water partition coefficient (Wildman–Crippen LogP) is 5.57. The summed E-state index contributed by atoms with van der Waals surface area (Å²) in [5.74, 6) is -3.30. The Morgan fingerprint density at radius 2 is 0.857 bits per heavy atom. The Bertz CT molecular complexity index is 1710. The van der Waals surface area contributed by atoms with E-state index >= 15 is 0 Å². The van der Waals surface area contributed by atoms with Crippen molar-refractivity contribution in [2.75, 3.05) is 9.80 Å². The number of hydrogen-bond donors (Lipinski definition) is 2. The molecule has 0 saturated heterocycles. The molecule has 0 aromatic heterocycles. The van der Waals surface area contributed by atoms with Crippen molar-refractivity contribution in [2.24, 2.45) is 0 Å². The Kier molecular flexibility index (Phi) is 5.75. The highest BCUT2D eigenvalue weighted by atomic mass is 19.4. The lowest BCUT2D eigenvalue weighted by Gasteiger charge is -2.33. The van der Waals surface area contributed by atoms with Crippen molar-refractivity contribution < 1.29 is 42.6 Å². The molecule has 4 aromatic carbocycles. The summed E-state index contributed by atoms with van der Waals surface area (Å²) in [5, 5.41) is 19.1. The van der Waals surface area contributed by atoms with Gasteiger partial charge in [-0.25, -0.2) is 9.80 Å². The van der Waals surface area contributed by atoms with Crippen molar-refractivity contribution in [2.45, 2.75) is 18.5 Å². The maximum absolute atomic E-state index is 14.9. The van der Waals surface area contributed by atoms with Crippen LogP contribution < -0.4 is 9.80 Å². The number of halogens is 3. The minimum atomic E-state index is -4.93. The number of aromatic hydroxyl groups is 2. The zero-order chi connectivity index (χ0) is 30.1. The molecule has 2 N–H and O–H groups in total. The molecule has 42 heavy (non-hydrogen) atoms. The van der Waals surface area contributed by atoms with Gasteiger partial charge in [0.1, 0.15) is 16.9 Å². The molecule has 6 rings (SSSR count). The number of nitrogens with zero attached hydrogens (tertiary/aromatic N) is 2. The molecule has 2 heterocycles. The Morgan fingerprint density at radius 1 is 0.524 bits per heavy atom. The van der Waals surface area contributed by atoms with Crippen LogP contribution in [0.4, 0.5) is 24.5 Å². The van der Waals surface area contributed by atoms with Crippen LogP contribution in [-0.2, 0) is 5.41 Å². The molecule has 11 heteroatoms. The van der Waals surface area contributed by atoms with Crippen LogP contribution in [-0.4, -0.2) is 40.0 Å². The fourth-order valence-electron chi connectivity index (χ4n) is 5.27. The molecule has 4 amide bonds. The number of fused-ring (bicyclic) bond motifs is 2. The van der Waals surface area contributed by atoms with Gasteiger partial charge >= 0.3 is 6.18 Å². The first-order chi connectivity index (χ1) is 19.8. The van der Waals surface area contributed by atoms with Gasteiger partial charge in [-0.2, -0.15) is 13.2 Å². The van der Waals surface area contributed by atoms with E-state index in [1.165, 1.54) is 48.5 Å². The molecule has 4 aromatic rings. The molecular weight excluding hydrogens is 553 g/mol. The van der Waals surface area contributed by atoms with Crippen molar-refractivity contribution >= 4 is 35.0 Å². The van der Waals surface area contributed by atoms with Gasteiger partial charge in [0.15, 0.2) is 0 Å². The van der Waals surface area contributed by atoms with E-state index in [1.54, 1.807) is 0 Å². The van der Waals surface area contributed by atoms with Crippen molar-refractivity contribution in [3.63, 3.8) is 0 Å². The van der Waals surface area contributed by atoms with Crippen LogP contribution in [0.25, 0.3) is 0 Å². The molecule has 2 aliphatic rings. The minimum absolute atomic E-state index is 0.0828. The van der Waals surface area contributed by atoms with Crippen LogP contribution in [0.15, 0.2) is 84.9 Å². The normalized spacial score (nSPS) is 15.0. The lowest BCUT2D eigenvalue weighted by molar-refractivity contribution is -0.173. The summed E-state index contributed by atoms with van der Waals surface area (Å²) in [6.45, 7) is 0.897. The lowest BCUT2D eigenvalue weighted by Crippen LogP contribution is -2.41. The third-order valence-corrected chi connectivity index (χ3v) is 7.71. The standard InChI is InChI=1S/C31H19F3N2O6/c1-30(31(32,33)34,16-2-12-22-24(14-16)28(41)35(26(22)39)18-4-8-20(37)9-5-18)17-3-13-23-25(15-17)29(42)36(27(23)40)19-6-10-21(38)11-7-19/h2-15,37-38H,1H3. The molecule has 0 radical (unpaired) electrons. The molecule has 8 nitrogen and oxygen atoms in total. The fourth-order valence-corrected chi connectivity index (χ4v) is 5.27. The first-order valence-electron chi connectivity index (χ1n) is 12.5. The molecule has 0 fully saturated rings. The molecule has 210 valence electrons. The van der Waals surface area contributed by atoms with Gasteiger partial charge in [0.2, 0.25) is 0 Å². The van der Waals surface area contributed by atoms with Crippen LogP contribution in [0.3, 0.4) is 0 Å². The second-order valence-corrected chi connectivity index (χ2v) is 10.1. The maximum Gasteiger partial charge on any atom is 0.402 e. The monoisotopic (exact) mass is 572 g/mol. The van der Waals surface area contributed by atoms with Crippen molar-refractivity contribution in [3.05, 3.63) is 118 Å². The number of anilines is 2. The summed E-state index contributed by atoms with van der Waals surface area (Å²) in [4.78, 5) is 54.1. The summed E-state index contributed by atoms with van der Waals surface area (Å²) in [5.41, 5.74) is -3.80. The second-order valence-electron chi connectivity index (χ2n) is 10.1. The molecular formula is C31H19F3N2O6. The summed E-state index contributed by atoms with van der Waals surface area (Å²) in [6.07, 6.45) is -4.93. The van der Waals surface area contributed by atoms with Gasteiger partial charge in [-0.3, -0.25) is 19.2 Å². The van der Waals surface area contributed by atoms with Gasteiger partial charge in [-0.15, -0.1) is 0 Å². The highest BCUT2D eigenvalue weighted by Crippen LogP contribution is 2.48. The predicted molar refractivity (Wildman–Crippen MR) is 144 cm³/mol. The second kappa shape index (κ2) is 9.03. The molecule has 0 atom stereocenters. The highest BCUT2D eigenvalue weighted by Gasteiger charge is 2.55. The summed E-state index contributed by atoms with van der Waals surface area (Å²) in [6, 6.07) is 17.0. The third kappa shape index (κ3) is 3.77. The lowest BCUT2D eigenvalue weighted by atomic mass is 9.74. The Labute approximate surface area is 235 Å². The molecule has 0 spiro atoms. The van der Waals surface area contributed by atoms with Gasteiger partial charge in [0, 0.05) is 0 Å². The molecule has 0 bridgehead atoms. The Hall–Kier alpha value is -5.45. The van der Waals surface area contributed by atoms with Gasteiger partial charge in [-0.05, 0) is 90.8 Å². The van der Waals surface area contributed by atoms with Crippen molar-refractivity contribution in [1.82, 2.24) is 0 Å². The van der Waals surface area contributed by atoms with E-state index in [9.17, 15) is 42.6 Å². The van der Waals surface area contributed by atoms with Gasteiger partial charge in [0.25, 0.3) is 23.6 Å². The van der Waals surface area contributed by atoms with E-state index in [-0.39, 0.29) is 56.3 Å². The van der Waals surface area contributed by atoms with Crippen LogP contribution in [0, 0.1) is 0 Å². The van der Waals surface area contributed by atoms with E-state index in [1.807, 2.05) is 0 Å². The smallest absolute Gasteiger partial charge is 0.402 e. The van der Waals surface area contributed by atoms with Gasteiger partial charge in [0.05, 0.1) is 33.6 Å². The third-order valence-electron chi connectivity index (χ3n) is 7.71. The Morgan fingerprint density at radius 3 is 1.19 bits per heavy atom. The number of carbonyl (C=O) groups is 4. The molecule has 0 saturated carbocycles. The zero-order valence-corrected chi connectivity index (χ0v) is 21.6. The quantitative estimate of drug-likeness (QED) is 0.309. The first kappa shape index (κ1) is 26.8. The summed E-state index contributed by atoms with van der Waals surface area (Å²) in [7, 11) is 0. The molecule has 0 aliphatic carbocycles. The number of benzene rings is 4. The van der Waals surface area contributed by atoms with Crippen molar-refractivity contribution in [1.29, 1.82) is 0 Å². The zero-order valence-electron chi connectivity index (χ0n) is 21.6. The maximum atomic E-state index is 14.9. The van der Waals surface area contributed by atoms with Crippen LogP contribution in [0.5, 0.6) is 11.5 Å². The molecule has 2 aliphatic heterocycles. The summed E-state index contributed by atoms with van der Waals surface area (Å²) >= 11 is 0. The number of hydrogen-bond acceptors (Lipinski definition) is 6. The van der Waals surface area contributed by atoms with Gasteiger partial charge < -0.3 is 10.2 Å². The number of alkyl halides is 3. The number of carbonyl (C=O) groups excluding carboxylic acids is 4. The van der Waals surface area contributed by atoms with Gasteiger partial charge in [-0.1, -0.05) is 12.1 Å². The average molecular weight is 572 g/mol. The van der Waals surface area contributed by atoms with Crippen LogP contribution in [0.1, 0.15) is 59.5 Å². The largest absolute Gasteiger partial charge is 0.508 e. The number of imide groups is 2. The first-order valence-corrected chi connectivity index (χ1v) is 12.5. The fraction of sp³-hybridized carbons (Fsp3) is 0.0968. The number of amides is 4. The van der Waals surface area contributed by atoms with E-state index in [4.69, 9.17) is 0 Å². The number of phenolic OH excluding ortho intramolecular Hbond substituents is 2. The molecule has 0 unspecified atom stereocenters. The summed E-state index contributed by atoms with van der Waals surface area (Å²) < 4.78 is 44.7. The number of rotatable bonds is 4. The highest BCUT2D eigenvalue weighted by molar-refractivity contribution is 6.35.